The monoisotopic (exact) mass is 339 g/mol. The summed E-state index contributed by atoms with van der Waals surface area (Å²) in [7, 11) is -2.41. The summed E-state index contributed by atoms with van der Waals surface area (Å²) in [5.74, 6) is 0.469. The highest BCUT2D eigenvalue weighted by Crippen LogP contribution is 2.22. The van der Waals surface area contributed by atoms with E-state index in [1.807, 2.05) is 6.20 Å². The number of ether oxygens (including phenoxy) is 1. The second kappa shape index (κ2) is 6.29. The van der Waals surface area contributed by atoms with Crippen LogP contribution in [0.3, 0.4) is 0 Å². The minimum absolute atomic E-state index is 0.0167. The maximum absolute atomic E-state index is 13.7. The highest BCUT2D eigenvalue weighted by atomic mass is 32.2. The molecule has 3 rings (SSSR count). The van der Waals surface area contributed by atoms with E-state index < -0.39 is 15.8 Å². The third-order valence-electron chi connectivity index (χ3n) is 4.05. The second-order valence-corrected chi connectivity index (χ2v) is 7.31. The number of hydrogen-bond acceptors (Lipinski definition) is 4. The molecule has 2 heterocycles. The minimum Gasteiger partial charge on any atom is -0.494 e. The van der Waals surface area contributed by atoms with Crippen molar-refractivity contribution < 1.29 is 17.5 Å². The van der Waals surface area contributed by atoms with Gasteiger partial charge >= 0.3 is 0 Å². The molecular weight excluding hydrogens is 321 g/mol. The molecule has 23 heavy (non-hydrogen) atoms. The summed E-state index contributed by atoms with van der Waals surface area (Å²) in [6, 6.07) is 3.61. The first-order valence-corrected chi connectivity index (χ1v) is 8.81. The van der Waals surface area contributed by atoms with Gasteiger partial charge in [0.2, 0.25) is 10.0 Å². The Balaban J connectivity index is 1.66. The molecule has 0 amide bonds. The molecule has 0 spiro atoms. The Morgan fingerprint density at radius 1 is 1.48 bits per heavy atom. The summed E-state index contributed by atoms with van der Waals surface area (Å²) in [5.41, 5.74) is 0. The van der Waals surface area contributed by atoms with Crippen molar-refractivity contribution in [1.82, 2.24) is 14.3 Å². The van der Waals surface area contributed by atoms with Gasteiger partial charge in [-0.25, -0.2) is 22.5 Å². The molecule has 0 saturated heterocycles. The van der Waals surface area contributed by atoms with E-state index in [1.54, 1.807) is 6.20 Å². The van der Waals surface area contributed by atoms with Crippen LogP contribution >= 0.6 is 0 Å². The second-order valence-electron chi connectivity index (χ2n) is 5.54. The van der Waals surface area contributed by atoms with Crippen molar-refractivity contribution in [3.8, 4) is 5.75 Å². The molecule has 1 aliphatic rings. The first-order valence-electron chi connectivity index (χ1n) is 7.33. The molecule has 0 bridgehead atoms. The fourth-order valence-electron chi connectivity index (χ4n) is 2.71. The first-order chi connectivity index (χ1) is 11.0. The number of nitrogens with one attached hydrogen (secondary N) is 1. The van der Waals surface area contributed by atoms with Crippen molar-refractivity contribution in [2.75, 3.05) is 13.7 Å². The maximum atomic E-state index is 13.7. The smallest absolute Gasteiger partial charge is 0.240 e. The Hall–Kier alpha value is -1.93. The molecule has 1 aliphatic heterocycles. The molecule has 0 fully saturated rings. The van der Waals surface area contributed by atoms with Gasteiger partial charge < -0.3 is 9.30 Å². The van der Waals surface area contributed by atoms with E-state index >= 15 is 0 Å². The van der Waals surface area contributed by atoms with Crippen molar-refractivity contribution in [1.29, 1.82) is 0 Å². The van der Waals surface area contributed by atoms with Crippen molar-refractivity contribution in [3.05, 3.63) is 42.2 Å². The Kier molecular flexibility index (Phi) is 4.36. The fraction of sp³-hybridized carbons (Fsp3) is 0.400. The van der Waals surface area contributed by atoms with Gasteiger partial charge in [-0.05, 0) is 30.5 Å². The van der Waals surface area contributed by atoms with Crippen LogP contribution in [0.25, 0.3) is 0 Å². The van der Waals surface area contributed by atoms with E-state index in [1.165, 1.54) is 19.2 Å². The lowest BCUT2D eigenvalue weighted by Crippen LogP contribution is -2.33. The molecule has 1 atom stereocenters. The first kappa shape index (κ1) is 15.9. The molecule has 124 valence electrons. The Labute approximate surface area is 134 Å². The number of aryl methyl sites for hydroxylation is 1. The van der Waals surface area contributed by atoms with Gasteiger partial charge in [-0.15, -0.1) is 0 Å². The van der Waals surface area contributed by atoms with Crippen LogP contribution < -0.4 is 9.46 Å². The van der Waals surface area contributed by atoms with Gasteiger partial charge in [-0.2, -0.15) is 0 Å². The van der Waals surface area contributed by atoms with E-state index in [2.05, 4.69) is 14.3 Å². The molecule has 1 aromatic carbocycles. The van der Waals surface area contributed by atoms with E-state index in [-0.39, 0.29) is 16.6 Å². The van der Waals surface area contributed by atoms with Crippen LogP contribution in [-0.2, 0) is 23.0 Å². The number of hydrogen-bond donors (Lipinski definition) is 1. The summed E-state index contributed by atoms with van der Waals surface area (Å²) in [6.45, 7) is 1.14. The Morgan fingerprint density at radius 3 is 3.04 bits per heavy atom. The molecule has 1 N–H and O–H groups in total. The molecule has 0 unspecified atom stereocenters. The minimum atomic E-state index is -3.74. The normalized spacial score (nSPS) is 17.7. The lowest BCUT2D eigenvalue weighted by molar-refractivity contribution is 0.379. The van der Waals surface area contributed by atoms with Crippen molar-refractivity contribution in [2.45, 2.75) is 24.3 Å². The van der Waals surface area contributed by atoms with Crippen LogP contribution in [0.4, 0.5) is 4.39 Å². The van der Waals surface area contributed by atoms with Crippen molar-refractivity contribution >= 4 is 10.0 Å². The average Bonchev–Trinajstić information content (AvgIpc) is 3.00. The number of methoxy groups -OCH3 is 1. The van der Waals surface area contributed by atoms with Gasteiger partial charge in [0, 0.05) is 31.9 Å². The zero-order chi connectivity index (χ0) is 16.4. The van der Waals surface area contributed by atoms with Crippen LogP contribution in [0.1, 0.15) is 12.2 Å². The molecule has 1 aromatic heterocycles. The van der Waals surface area contributed by atoms with Crippen LogP contribution in [-0.4, -0.2) is 31.6 Å². The summed E-state index contributed by atoms with van der Waals surface area (Å²) in [4.78, 5) is 4.16. The van der Waals surface area contributed by atoms with Gasteiger partial charge in [-0.3, -0.25) is 0 Å². The third kappa shape index (κ3) is 3.37. The molecule has 0 aliphatic carbocycles. The van der Waals surface area contributed by atoms with Gasteiger partial charge in [0.1, 0.15) is 5.82 Å². The predicted octanol–water partition coefficient (Wildman–Crippen LogP) is 1.57. The quantitative estimate of drug-likeness (QED) is 0.897. The fourth-order valence-corrected chi connectivity index (χ4v) is 3.84. The molecule has 0 saturated carbocycles. The number of rotatable bonds is 5. The number of fused-ring (bicyclic) bond motifs is 1. The molecular formula is C15H18FN3O3S. The average molecular weight is 339 g/mol. The van der Waals surface area contributed by atoms with E-state index in [0.29, 0.717) is 6.54 Å². The zero-order valence-electron chi connectivity index (χ0n) is 12.7. The van der Waals surface area contributed by atoms with Crippen LogP contribution in [0.2, 0.25) is 0 Å². The summed E-state index contributed by atoms with van der Waals surface area (Å²) in [6.07, 6.45) is 5.28. The van der Waals surface area contributed by atoms with E-state index in [9.17, 15) is 12.8 Å². The third-order valence-corrected chi connectivity index (χ3v) is 5.47. The Bertz CT molecular complexity index is 804. The van der Waals surface area contributed by atoms with Crippen LogP contribution in [0.15, 0.2) is 35.5 Å². The molecule has 8 heteroatoms. The zero-order valence-corrected chi connectivity index (χ0v) is 13.5. The van der Waals surface area contributed by atoms with Gasteiger partial charge in [-0.1, -0.05) is 0 Å². The largest absolute Gasteiger partial charge is 0.494 e. The van der Waals surface area contributed by atoms with E-state index in [0.717, 1.165) is 31.3 Å². The van der Waals surface area contributed by atoms with Crippen LogP contribution in [0.5, 0.6) is 5.75 Å². The number of aromatic nitrogens is 2. The summed E-state index contributed by atoms with van der Waals surface area (Å²) >= 11 is 0. The lowest BCUT2D eigenvalue weighted by Gasteiger charge is -2.23. The number of nitrogens with zero attached hydrogens (tertiary/aromatic N) is 2. The summed E-state index contributed by atoms with van der Waals surface area (Å²) < 4.78 is 47.7. The summed E-state index contributed by atoms with van der Waals surface area (Å²) in [5, 5.41) is 0. The van der Waals surface area contributed by atoms with Crippen molar-refractivity contribution in [3.63, 3.8) is 0 Å². The molecule has 0 radical (unpaired) electrons. The van der Waals surface area contributed by atoms with Gasteiger partial charge in [0.05, 0.1) is 12.0 Å². The SMILES string of the molecule is COc1ccc(S(=O)(=O)NC[C@@H]2CCn3ccnc3C2)cc1F. The number of imidazole rings is 1. The van der Waals surface area contributed by atoms with Gasteiger partial charge in [0.15, 0.2) is 11.6 Å². The van der Waals surface area contributed by atoms with E-state index in [4.69, 9.17) is 4.74 Å². The highest BCUT2D eigenvalue weighted by Gasteiger charge is 2.22. The van der Waals surface area contributed by atoms with Gasteiger partial charge in [0.25, 0.3) is 0 Å². The molecule has 2 aromatic rings. The highest BCUT2D eigenvalue weighted by molar-refractivity contribution is 7.89. The van der Waals surface area contributed by atoms with Crippen LogP contribution in [0, 0.1) is 11.7 Å². The maximum Gasteiger partial charge on any atom is 0.240 e. The number of sulfonamides is 1. The standard InChI is InChI=1S/C15H18FN3O3S/c1-22-14-3-2-12(9-13(14)16)23(20,21)18-10-11-4-6-19-7-5-17-15(19)8-11/h2-3,5,7,9,11,18H,4,6,8,10H2,1H3/t11-/m1/s1. The van der Waals surface area contributed by atoms with Crippen molar-refractivity contribution in [2.24, 2.45) is 5.92 Å². The predicted molar refractivity (Wildman–Crippen MR) is 82.2 cm³/mol. The Morgan fingerprint density at radius 2 is 2.30 bits per heavy atom. The number of benzene rings is 1. The molecule has 6 nitrogen and oxygen atoms in total. The lowest BCUT2D eigenvalue weighted by atomic mass is 9.98. The number of halogens is 1. The topological polar surface area (TPSA) is 73.2 Å².